The lowest BCUT2D eigenvalue weighted by Crippen LogP contribution is -2.17. The minimum absolute atomic E-state index is 0.216. The van der Waals surface area contributed by atoms with Gasteiger partial charge in [-0.05, 0) is 38.5 Å². The molecule has 3 rings (SSSR count). The van der Waals surface area contributed by atoms with Gasteiger partial charge in [0.15, 0.2) is 11.9 Å². The number of aromatic amines is 1. The van der Waals surface area contributed by atoms with Gasteiger partial charge in [-0.15, -0.1) is 11.3 Å². The van der Waals surface area contributed by atoms with Crippen molar-refractivity contribution in [2.45, 2.75) is 26.9 Å². The zero-order valence-electron chi connectivity index (χ0n) is 15.1. The standard InChI is InChI=1S/C19H18N2O5S/c1-4-25-19(24)14-10(2)13-16(22)20-15(21-17(13)27-14)11(3)26-18(23)12-8-6-5-7-9-12/h5-9,11H,4H2,1-3H3,(H,20,21,22)/t11-/m1/s1. The number of rotatable bonds is 5. The number of nitrogens with zero attached hydrogens (tertiary/aromatic N) is 1. The molecule has 0 spiro atoms. The molecule has 0 bridgehead atoms. The van der Waals surface area contributed by atoms with Crippen LogP contribution in [0.25, 0.3) is 10.2 Å². The van der Waals surface area contributed by atoms with E-state index < -0.39 is 18.0 Å². The highest BCUT2D eigenvalue weighted by atomic mass is 32.1. The number of hydrogen-bond acceptors (Lipinski definition) is 7. The maximum atomic E-state index is 12.5. The van der Waals surface area contributed by atoms with E-state index in [0.717, 1.165) is 11.3 Å². The summed E-state index contributed by atoms with van der Waals surface area (Å²) in [5.41, 5.74) is 0.550. The Morgan fingerprint density at radius 2 is 1.93 bits per heavy atom. The Morgan fingerprint density at radius 1 is 1.22 bits per heavy atom. The molecule has 27 heavy (non-hydrogen) atoms. The molecule has 7 nitrogen and oxygen atoms in total. The summed E-state index contributed by atoms with van der Waals surface area (Å²) in [6, 6.07) is 8.55. The Bertz CT molecular complexity index is 1060. The van der Waals surface area contributed by atoms with E-state index in [4.69, 9.17) is 9.47 Å². The van der Waals surface area contributed by atoms with Gasteiger partial charge in [-0.2, -0.15) is 0 Å². The Balaban J connectivity index is 1.92. The van der Waals surface area contributed by atoms with Crippen molar-refractivity contribution < 1.29 is 19.1 Å². The number of carbonyl (C=O) groups is 2. The first-order chi connectivity index (χ1) is 12.9. The van der Waals surface area contributed by atoms with E-state index in [0.29, 0.717) is 26.2 Å². The van der Waals surface area contributed by atoms with Crippen LogP contribution in [0.5, 0.6) is 0 Å². The number of fused-ring (bicyclic) bond motifs is 1. The maximum Gasteiger partial charge on any atom is 0.348 e. The van der Waals surface area contributed by atoms with Gasteiger partial charge in [0.05, 0.1) is 17.6 Å². The third kappa shape index (κ3) is 3.75. The zero-order chi connectivity index (χ0) is 19.6. The van der Waals surface area contributed by atoms with Crippen molar-refractivity contribution >= 4 is 33.5 Å². The van der Waals surface area contributed by atoms with E-state index in [9.17, 15) is 14.4 Å². The Hall–Kier alpha value is -3.00. The smallest absolute Gasteiger partial charge is 0.348 e. The summed E-state index contributed by atoms with van der Waals surface area (Å²) in [5, 5.41) is 0.341. The molecule has 1 N–H and O–H groups in total. The van der Waals surface area contributed by atoms with E-state index in [-0.39, 0.29) is 18.0 Å². The number of benzene rings is 1. The fourth-order valence-corrected chi connectivity index (χ4v) is 3.69. The molecule has 2 heterocycles. The highest BCUT2D eigenvalue weighted by Crippen LogP contribution is 2.28. The van der Waals surface area contributed by atoms with Crippen LogP contribution in [-0.4, -0.2) is 28.5 Å². The topological polar surface area (TPSA) is 98.3 Å². The number of aromatic nitrogens is 2. The van der Waals surface area contributed by atoms with E-state index in [1.54, 1.807) is 51.1 Å². The average Bonchev–Trinajstić information content (AvgIpc) is 2.99. The maximum absolute atomic E-state index is 12.5. The second-order valence-electron chi connectivity index (χ2n) is 5.82. The summed E-state index contributed by atoms with van der Waals surface area (Å²) in [7, 11) is 0. The predicted octanol–water partition coefficient (Wildman–Crippen LogP) is 3.39. The largest absolute Gasteiger partial charge is 0.462 e. The molecule has 2 aromatic heterocycles. The van der Waals surface area contributed by atoms with Crippen LogP contribution in [0.1, 0.15) is 51.4 Å². The summed E-state index contributed by atoms with van der Waals surface area (Å²) in [5.74, 6) is -0.781. The number of ether oxygens (including phenoxy) is 2. The van der Waals surface area contributed by atoms with E-state index in [1.165, 1.54) is 0 Å². The normalized spacial score (nSPS) is 12.0. The van der Waals surface area contributed by atoms with Gasteiger partial charge in [-0.25, -0.2) is 14.6 Å². The number of hydrogen-bond donors (Lipinski definition) is 1. The van der Waals surface area contributed by atoms with Crippen molar-refractivity contribution in [1.29, 1.82) is 0 Å². The fourth-order valence-electron chi connectivity index (χ4n) is 2.60. The first-order valence-electron chi connectivity index (χ1n) is 8.38. The van der Waals surface area contributed by atoms with Gasteiger partial charge in [0, 0.05) is 0 Å². The highest BCUT2D eigenvalue weighted by Gasteiger charge is 2.22. The molecule has 140 valence electrons. The summed E-state index contributed by atoms with van der Waals surface area (Å²) >= 11 is 1.09. The van der Waals surface area contributed by atoms with Gasteiger partial charge >= 0.3 is 11.9 Å². The van der Waals surface area contributed by atoms with Crippen LogP contribution in [0.15, 0.2) is 35.1 Å². The number of aryl methyl sites for hydroxylation is 1. The Morgan fingerprint density at radius 3 is 2.59 bits per heavy atom. The summed E-state index contributed by atoms with van der Waals surface area (Å²) in [6.07, 6.45) is -0.761. The van der Waals surface area contributed by atoms with Crippen molar-refractivity contribution in [3.63, 3.8) is 0 Å². The molecule has 0 saturated carbocycles. The Labute approximate surface area is 159 Å². The van der Waals surface area contributed by atoms with Gasteiger partial charge in [0.1, 0.15) is 9.71 Å². The first kappa shape index (κ1) is 18.8. The van der Waals surface area contributed by atoms with Gasteiger partial charge in [0.2, 0.25) is 0 Å². The van der Waals surface area contributed by atoms with Crippen LogP contribution in [-0.2, 0) is 9.47 Å². The van der Waals surface area contributed by atoms with Crippen LogP contribution in [0.4, 0.5) is 0 Å². The summed E-state index contributed by atoms with van der Waals surface area (Å²) in [6.45, 7) is 5.26. The van der Waals surface area contributed by atoms with E-state index in [2.05, 4.69) is 9.97 Å². The predicted molar refractivity (Wildman–Crippen MR) is 101 cm³/mol. The number of carbonyl (C=O) groups excluding carboxylic acids is 2. The third-order valence-corrected chi connectivity index (χ3v) is 5.12. The summed E-state index contributed by atoms with van der Waals surface area (Å²) < 4.78 is 10.4. The lowest BCUT2D eigenvalue weighted by atomic mass is 10.2. The molecule has 0 radical (unpaired) electrons. The van der Waals surface area contributed by atoms with Crippen LogP contribution in [0, 0.1) is 6.92 Å². The van der Waals surface area contributed by atoms with Crippen LogP contribution >= 0.6 is 11.3 Å². The van der Waals surface area contributed by atoms with Crippen LogP contribution < -0.4 is 5.56 Å². The van der Waals surface area contributed by atoms with Gasteiger partial charge in [0.25, 0.3) is 5.56 Å². The molecular weight excluding hydrogens is 368 g/mol. The number of nitrogens with one attached hydrogen (secondary N) is 1. The van der Waals surface area contributed by atoms with Gasteiger partial charge < -0.3 is 14.5 Å². The van der Waals surface area contributed by atoms with Crippen molar-refractivity contribution in [3.8, 4) is 0 Å². The van der Waals surface area contributed by atoms with Crippen LogP contribution in [0.2, 0.25) is 0 Å². The summed E-state index contributed by atoms with van der Waals surface area (Å²) in [4.78, 5) is 44.5. The first-order valence-corrected chi connectivity index (χ1v) is 9.20. The molecule has 0 fully saturated rings. The van der Waals surface area contributed by atoms with E-state index >= 15 is 0 Å². The third-order valence-electron chi connectivity index (χ3n) is 3.96. The fraction of sp³-hybridized carbons (Fsp3) is 0.263. The second-order valence-corrected chi connectivity index (χ2v) is 6.82. The SMILES string of the molecule is CCOC(=O)c1sc2nc([C@@H](C)OC(=O)c3ccccc3)[nH]c(=O)c2c1C. The molecule has 0 unspecified atom stereocenters. The molecule has 1 aromatic carbocycles. The molecule has 0 aliphatic heterocycles. The highest BCUT2D eigenvalue weighted by molar-refractivity contribution is 7.20. The molecule has 0 aliphatic carbocycles. The molecule has 0 amide bonds. The molecular formula is C19H18N2O5S. The number of esters is 2. The van der Waals surface area contributed by atoms with Crippen molar-refractivity contribution in [2.24, 2.45) is 0 Å². The minimum Gasteiger partial charge on any atom is -0.462 e. The molecule has 8 heteroatoms. The van der Waals surface area contributed by atoms with Crippen molar-refractivity contribution in [1.82, 2.24) is 9.97 Å². The number of thiophene rings is 1. The molecule has 0 saturated heterocycles. The molecule has 3 aromatic rings. The second kappa shape index (κ2) is 7.71. The molecule has 1 atom stereocenters. The van der Waals surface area contributed by atoms with Gasteiger partial charge in [-0.3, -0.25) is 4.79 Å². The van der Waals surface area contributed by atoms with Crippen LogP contribution in [0.3, 0.4) is 0 Å². The van der Waals surface area contributed by atoms with Gasteiger partial charge in [-0.1, -0.05) is 18.2 Å². The Kier molecular flexibility index (Phi) is 5.36. The monoisotopic (exact) mass is 386 g/mol. The van der Waals surface area contributed by atoms with Crippen molar-refractivity contribution in [3.05, 3.63) is 62.5 Å². The molecule has 0 aliphatic rings. The number of H-pyrrole nitrogens is 1. The lowest BCUT2D eigenvalue weighted by Gasteiger charge is -2.12. The van der Waals surface area contributed by atoms with E-state index in [1.807, 2.05) is 0 Å². The average molecular weight is 386 g/mol. The zero-order valence-corrected chi connectivity index (χ0v) is 15.9. The van der Waals surface area contributed by atoms with Crippen molar-refractivity contribution in [2.75, 3.05) is 6.61 Å². The minimum atomic E-state index is -0.761. The quantitative estimate of drug-likeness (QED) is 0.675. The lowest BCUT2D eigenvalue weighted by molar-refractivity contribution is 0.0319.